The van der Waals surface area contributed by atoms with Crippen molar-refractivity contribution < 1.29 is 18.3 Å². The van der Waals surface area contributed by atoms with E-state index in [-0.39, 0.29) is 5.88 Å². The summed E-state index contributed by atoms with van der Waals surface area (Å²) < 4.78 is 25.3. The summed E-state index contributed by atoms with van der Waals surface area (Å²) in [6.07, 6.45) is 0. The molecule has 82 valence electrons. The van der Waals surface area contributed by atoms with Crippen LogP contribution in [0.2, 0.25) is 0 Å². The molecule has 14 heavy (non-hydrogen) atoms. The van der Waals surface area contributed by atoms with Crippen LogP contribution in [-0.4, -0.2) is 59.9 Å². The Morgan fingerprint density at radius 1 is 1.57 bits per heavy atom. The summed E-state index contributed by atoms with van der Waals surface area (Å²) in [5.41, 5.74) is 0. The molecule has 0 radical (unpaired) electrons. The Labute approximate surface area is 87.1 Å². The Hall–Kier alpha value is -0.310. The molecule has 1 aliphatic rings. The molecule has 0 unspecified atom stereocenters. The van der Waals surface area contributed by atoms with Crippen LogP contribution in [0.4, 0.5) is 0 Å². The molecule has 0 aromatic rings. The van der Waals surface area contributed by atoms with Crippen molar-refractivity contribution >= 4 is 27.9 Å². The van der Waals surface area contributed by atoms with E-state index in [4.69, 9.17) is 5.11 Å². The number of rotatable bonds is 3. The van der Waals surface area contributed by atoms with E-state index in [2.05, 4.69) is 0 Å². The number of hydrogen-bond acceptors (Lipinski definition) is 4. The van der Waals surface area contributed by atoms with Gasteiger partial charge in [-0.3, -0.25) is 4.79 Å². The van der Waals surface area contributed by atoms with Crippen LogP contribution >= 0.6 is 11.8 Å². The molecule has 1 heterocycles. The highest BCUT2D eigenvalue weighted by Gasteiger charge is 2.40. The van der Waals surface area contributed by atoms with Gasteiger partial charge in [-0.15, -0.1) is 11.8 Å². The molecule has 6 nitrogen and oxygen atoms in total. The van der Waals surface area contributed by atoms with E-state index in [0.29, 0.717) is 5.75 Å². The second kappa shape index (κ2) is 4.05. The lowest BCUT2D eigenvalue weighted by atomic mass is 10.4. The van der Waals surface area contributed by atoms with Crippen LogP contribution < -0.4 is 0 Å². The highest BCUT2D eigenvalue weighted by atomic mass is 32.2. The molecule has 0 bridgehead atoms. The number of carboxylic acids is 1. The van der Waals surface area contributed by atoms with Crippen molar-refractivity contribution in [1.82, 2.24) is 8.61 Å². The first kappa shape index (κ1) is 11.8. The predicted octanol–water partition coefficient (Wildman–Crippen LogP) is -0.748. The van der Waals surface area contributed by atoms with Gasteiger partial charge in [-0.05, 0) is 0 Å². The Kier molecular flexibility index (Phi) is 3.40. The first-order valence-electron chi connectivity index (χ1n) is 3.87. The quantitative estimate of drug-likeness (QED) is 0.702. The SMILES string of the molecule is CN(C)S(=O)(=O)N1CSC[C@@H]1C(=O)O. The number of aliphatic carboxylic acids is 1. The lowest BCUT2D eigenvalue weighted by Crippen LogP contribution is -2.46. The third-order valence-electron chi connectivity index (χ3n) is 1.88. The van der Waals surface area contributed by atoms with E-state index in [1.807, 2.05) is 0 Å². The molecular weight excluding hydrogens is 228 g/mol. The zero-order valence-electron chi connectivity index (χ0n) is 7.87. The Bertz CT molecular complexity index is 327. The predicted molar refractivity (Wildman–Crippen MR) is 53.2 cm³/mol. The van der Waals surface area contributed by atoms with Crippen LogP contribution in [0.25, 0.3) is 0 Å². The summed E-state index contributed by atoms with van der Waals surface area (Å²) in [6, 6.07) is -0.938. The lowest BCUT2D eigenvalue weighted by molar-refractivity contribution is -0.140. The second-order valence-electron chi connectivity index (χ2n) is 3.03. The minimum absolute atomic E-state index is 0.206. The molecule has 0 aromatic carbocycles. The smallest absolute Gasteiger partial charge is 0.322 e. The monoisotopic (exact) mass is 240 g/mol. The topological polar surface area (TPSA) is 77.9 Å². The van der Waals surface area contributed by atoms with Crippen LogP contribution in [0.15, 0.2) is 0 Å². The average Bonchev–Trinajstić information content (AvgIpc) is 2.51. The van der Waals surface area contributed by atoms with Gasteiger partial charge in [0.25, 0.3) is 10.2 Å². The van der Waals surface area contributed by atoms with Crippen LogP contribution in [0.5, 0.6) is 0 Å². The summed E-state index contributed by atoms with van der Waals surface area (Å²) in [5, 5.41) is 8.79. The third-order valence-corrected chi connectivity index (χ3v) is 4.96. The number of thioether (sulfide) groups is 1. The molecular formula is C6H12N2O4S2. The molecule has 0 saturated carbocycles. The molecule has 1 rings (SSSR count). The molecule has 1 N–H and O–H groups in total. The van der Waals surface area contributed by atoms with Gasteiger partial charge in [0, 0.05) is 19.8 Å². The number of carbonyl (C=O) groups is 1. The van der Waals surface area contributed by atoms with Gasteiger partial charge in [0.2, 0.25) is 0 Å². The minimum atomic E-state index is -3.61. The van der Waals surface area contributed by atoms with Crippen molar-refractivity contribution in [3.05, 3.63) is 0 Å². The van der Waals surface area contributed by atoms with Crippen molar-refractivity contribution in [3.8, 4) is 0 Å². The van der Waals surface area contributed by atoms with Crippen molar-refractivity contribution in [2.24, 2.45) is 0 Å². The van der Waals surface area contributed by atoms with Gasteiger partial charge in [0.05, 0.1) is 5.88 Å². The van der Waals surface area contributed by atoms with Gasteiger partial charge in [0.1, 0.15) is 6.04 Å². The minimum Gasteiger partial charge on any atom is -0.480 e. The van der Waals surface area contributed by atoms with Crippen molar-refractivity contribution in [2.45, 2.75) is 6.04 Å². The zero-order valence-corrected chi connectivity index (χ0v) is 9.51. The summed E-state index contributed by atoms with van der Waals surface area (Å²) in [4.78, 5) is 10.7. The molecule has 1 atom stereocenters. The number of hydrogen-bond donors (Lipinski definition) is 1. The molecule has 8 heteroatoms. The number of nitrogens with zero attached hydrogens (tertiary/aromatic N) is 2. The fraction of sp³-hybridized carbons (Fsp3) is 0.833. The first-order valence-corrected chi connectivity index (χ1v) is 6.42. The van der Waals surface area contributed by atoms with E-state index in [0.717, 1.165) is 8.61 Å². The largest absolute Gasteiger partial charge is 0.480 e. The molecule has 1 saturated heterocycles. The van der Waals surface area contributed by atoms with E-state index < -0.39 is 22.2 Å². The maximum atomic E-state index is 11.6. The molecule has 0 aliphatic carbocycles. The summed E-state index contributed by atoms with van der Waals surface area (Å²) >= 11 is 1.30. The summed E-state index contributed by atoms with van der Waals surface area (Å²) in [7, 11) is -0.834. The maximum Gasteiger partial charge on any atom is 0.322 e. The van der Waals surface area contributed by atoms with Gasteiger partial charge in [0.15, 0.2) is 0 Å². The Balaban J connectivity index is 2.93. The third kappa shape index (κ3) is 2.02. The van der Waals surface area contributed by atoms with Gasteiger partial charge < -0.3 is 5.11 Å². The van der Waals surface area contributed by atoms with Gasteiger partial charge in [-0.25, -0.2) is 0 Å². The van der Waals surface area contributed by atoms with Gasteiger partial charge in [-0.1, -0.05) is 0 Å². The molecule has 0 amide bonds. The molecule has 0 spiro atoms. The van der Waals surface area contributed by atoms with Gasteiger partial charge in [-0.2, -0.15) is 17.0 Å². The lowest BCUT2D eigenvalue weighted by Gasteiger charge is -2.23. The zero-order chi connectivity index (χ0) is 10.9. The van der Waals surface area contributed by atoms with Gasteiger partial charge >= 0.3 is 5.97 Å². The molecule has 0 aromatic heterocycles. The highest BCUT2D eigenvalue weighted by Crippen LogP contribution is 2.24. The summed E-state index contributed by atoms with van der Waals surface area (Å²) in [6.45, 7) is 0. The fourth-order valence-electron chi connectivity index (χ4n) is 1.06. The van der Waals surface area contributed by atoms with E-state index in [9.17, 15) is 13.2 Å². The van der Waals surface area contributed by atoms with E-state index >= 15 is 0 Å². The Morgan fingerprint density at radius 2 is 2.14 bits per heavy atom. The Morgan fingerprint density at radius 3 is 2.57 bits per heavy atom. The van der Waals surface area contributed by atoms with Crippen LogP contribution in [0.1, 0.15) is 0 Å². The van der Waals surface area contributed by atoms with Crippen molar-refractivity contribution in [3.63, 3.8) is 0 Å². The molecule has 1 aliphatic heterocycles. The first-order chi connectivity index (χ1) is 6.37. The van der Waals surface area contributed by atoms with Crippen molar-refractivity contribution in [1.29, 1.82) is 0 Å². The normalized spacial score (nSPS) is 24.4. The van der Waals surface area contributed by atoms with E-state index in [1.165, 1.54) is 25.9 Å². The van der Waals surface area contributed by atoms with Crippen LogP contribution in [0, 0.1) is 0 Å². The van der Waals surface area contributed by atoms with Crippen molar-refractivity contribution in [2.75, 3.05) is 25.7 Å². The maximum absolute atomic E-state index is 11.6. The standard InChI is InChI=1S/C6H12N2O4S2/c1-7(2)14(11,12)8-4-13-3-5(8)6(9)10/h5H,3-4H2,1-2H3,(H,9,10)/t5-/m1/s1. The average molecular weight is 240 g/mol. The highest BCUT2D eigenvalue weighted by molar-refractivity contribution is 8.00. The fourth-order valence-corrected chi connectivity index (χ4v) is 3.83. The van der Waals surface area contributed by atoms with Crippen LogP contribution in [-0.2, 0) is 15.0 Å². The second-order valence-corrected chi connectivity index (χ2v) is 6.13. The number of carboxylic acid groups (broad SMARTS) is 1. The summed E-state index contributed by atoms with van der Waals surface area (Å²) in [5.74, 6) is -0.583. The van der Waals surface area contributed by atoms with E-state index in [1.54, 1.807) is 0 Å². The molecule has 1 fully saturated rings. The van der Waals surface area contributed by atoms with Crippen LogP contribution in [0.3, 0.4) is 0 Å².